The molecule has 0 spiro atoms. The molecule has 0 bridgehead atoms. The van der Waals surface area contributed by atoms with Crippen LogP contribution in [-0.4, -0.2) is 0 Å². The Kier molecular flexibility index (Phi) is 5.56. The van der Waals surface area contributed by atoms with Crippen LogP contribution in [0.5, 0.6) is 0 Å². The average molecular weight is 427 g/mol. The summed E-state index contributed by atoms with van der Waals surface area (Å²) in [6.07, 6.45) is 0. The van der Waals surface area contributed by atoms with Crippen molar-refractivity contribution in [3.05, 3.63) is 98.6 Å². The van der Waals surface area contributed by atoms with E-state index in [1.165, 1.54) is 31.5 Å². The molecule has 2 heteroatoms. The smallest absolute Gasteiger partial charge is 0.0433 e. The molecule has 0 aliphatic rings. The lowest BCUT2D eigenvalue weighted by Crippen LogP contribution is -2.22. The number of benzene rings is 3. The molecule has 0 heterocycles. The molecule has 0 fully saturated rings. The van der Waals surface area contributed by atoms with Crippen LogP contribution in [0.1, 0.15) is 22.3 Å². The van der Waals surface area contributed by atoms with Crippen molar-refractivity contribution < 1.29 is 0 Å². The summed E-state index contributed by atoms with van der Waals surface area (Å²) in [5.74, 6) is 0. The second kappa shape index (κ2) is 7.84. The molecule has 0 saturated carbocycles. The van der Waals surface area contributed by atoms with Crippen molar-refractivity contribution in [3.8, 4) is 0 Å². The lowest BCUT2D eigenvalue weighted by molar-refractivity contribution is 0.799. The molecule has 0 aromatic heterocycles. The van der Waals surface area contributed by atoms with E-state index in [4.69, 9.17) is 0 Å². The van der Waals surface area contributed by atoms with Gasteiger partial charge in [-0.2, -0.15) is 0 Å². The predicted octanol–water partition coefficient (Wildman–Crippen LogP) is 6.11. The first kappa shape index (κ1) is 17.0. The quantitative estimate of drug-likeness (QED) is 0.444. The third-order valence-electron chi connectivity index (χ3n) is 4.16. The summed E-state index contributed by atoms with van der Waals surface area (Å²) in [4.78, 5) is 2.44. The van der Waals surface area contributed by atoms with Gasteiger partial charge in [-0.1, -0.05) is 65.7 Å². The molecule has 24 heavy (non-hydrogen) atoms. The van der Waals surface area contributed by atoms with Crippen LogP contribution in [-0.2, 0) is 13.1 Å². The van der Waals surface area contributed by atoms with Crippen LogP contribution in [0.2, 0.25) is 0 Å². The Balaban J connectivity index is 1.87. The number of anilines is 1. The topological polar surface area (TPSA) is 3.24 Å². The van der Waals surface area contributed by atoms with Crippen LogP contribution in [0.25, 0.3) is 0 Å². The molecule has 0 aliphatic heterocycles. The van der Waals surface area contributed by atoms with E-state index in [2.05, 4.69) is 114 Å². The average Bonchev–Trinajstić information content (AvgIpc) is 2.58. The van der Waals surface area contributed by atoms with Crippen molar-refractivity contribution in [1.82, 2.24) is 0 Å². The summed E-state index contributed by atoms with van der Waals surface area (Å²) in [5.41, 5.74) is 6.55. The number of aryl methyl sites for hydroxylation is 2. The second-order valence-electron chi connectivity index (χ2n) is 6.31. The summed E-state index contributed by atoms with van der Waals surface area (Å²) in [6, 6.07) is 26.4. The van der Waals surface area contributed by atoms with Gasteiger partial charge in [0, 0.05) is 22.3 Å². The van der Waals surface area contributed by atoms with E-state index in [9.17, 15) is 0 Å². The molecule has 0 unspecified atom stereocenters. The molecule has 3 aromatic carbocycles. The van der Waals surface area contributed by atoms with Gasteiger partial charge in [0.2, 0.25) is 0 Å². The third-order valence-corrected chi connectivity index (χ3v) is 4.83. The van der Waals surface area contributed by atoms with E-state index in [0.29, 0.717) is 0 Å². The Morgan fingerprint density at radius 1 is 0.708 bits per heavy atom. The van der Waals surface area contributed by atoms with Crippen molar-refractivity contribution in [1.29, 1.82) is 0 Å². The highest BCUT2D eigenvalue weighted by Crippen LogP contribution is 2.22. The molecule has 0 amide bonds. The van der Waals surface area contributed by atoms with Gasteiger partial charge in [0.15, 0.2) is 0 Å². The lowest BCUT2D eigenvalue weighted by Gasteiger charge is -2.25. The molecule has 122 valence electrons. The maximum Gasteiger partial charge on any atom is 0.0433 e. The van der Waals surface area contributed by atoms with E-state index >= 15 is 0 Å². The number of hydrogen-bond acceptors (Lipinski definition) is 1. The molecule has 3 aromatic rings. The zero-order valence-corrected chi connectivity index (χ0v) is 16.3. The Morgan fingerprint density at radius 3 is 1.67 bits per heavy atom. The van der Waals surface area contributed by atoms with Gasteiger partial charge < -0.3 is 4.90 Å². The van der Waals surface area contributed by atoms with Gasteiger partial charge in [-0.3, -0.25) is 0 Å². The van der Waals surface area contributed by atoms with E-state index in [1.54, 1.807) is 0 Å². The van der Waals surface area contributed by atoms with Crippen LogP contribution in [0.3, 0.4) is 0 Å². The zero-order valence-electron chi connectivity index (χ0n) is 14.2. The van der Waals surface area contributed by atoms with Gasteiger partial charge in [-0.05, 0) is 65.8 Å². The molecule has 0 aliphatic carbocycles. The highest BCUT2D eigenvalue weighted by atomic mass is 127. The maximum atomic E-state index is 2.44. The van der Waals surface area contributed by atoms with Gasteiger partial charge in [0.05, 0.1) is 0 Å². The minimum absolute atomic E-state index is 0.911. The summed E-state index contributed by atoms with van der Waals surface area (Å²) in [6.45, 7) is 6.09. The summed E-state index contributed by atoms with van der Waals surface area (Å²) in [5, 5.41) is 0. The first-order valence-corrected chi connectivity index (χ1v) is 9.30. The number of rotatable bonds is 5. The Morgan fingerprint density at radius 2 is 1.21 bits per heavy atom. The van der Waals surface area contributed by atoms with E-state index in [-0.39, 0.29) is 0 Å². The zero-order chi connectivity index (χ0) is 16.9. The normalized spacial score (nSPS) is 10.6. The van der Waals surface area contributed by atoms with Crippen molar-refractivity contribution in [2.45, 2.75) is 26.9 Å². The van der Waals surface area contributed by atoms with Gasteiger partial charge in [0.1, 0.15) is 0 Å². The molecule has 0 saturated heterocycles. The van der Waals surface area contributed by atoms with Crippen LogP contribution < -0.4 is 4.90 Å². The maximum absolute atomic E-state index is 2.44. The predicted molar refractivity (Wildman–Crippen MR) is 111 cm³/mol. The van der Waals surface area contributed by atoms with Crippen LogP contribution in [0.15, 0.2) is 72.8 Å². The summed E-state index contributed by atoms with van der Waals surface area (Å²) >= 11 is 2.38. The van der Waals surface area contributed by atoms with Crippen LogP contribution >= 0.6 is 22.6 Å². The Bertz CT molecular complexity index is 743. The van der Waals surface area contributed by atoms with Gasteiger partial charge >= 0.3 is 0 Å². The monoisotopic (exact) mass is 427 g/mol. The lowest BCUT2D eigenvalue weighted by atomic mass is 10.1. The second-order valence-corrected chi connectivity index (χ2v) is 7.55. The first-order chi connectivity index (χ1) is 11.6. The summed E-state index contributed by atoms with van der Waals surface area (Å²) < 4.78 is 1.27. The minimum atomic E-state index is 0.911. The fourth-order valence-electron chi connectivity index (χ4n) is 2.74. The van der Waals surface area contributed by atoms with Gasteiger partial charge in [-0.15, -0.1) is 0 Å². The molecular weight excluding hydrogens is 405 g/mol. The van der Waals surface area contributed by atoms with E-state index < -0.39 is 0 Å². The van der Waals surface area contributed by atoms with Crippen LogP contribution in [0.4, 0.5) is 5.69 Å². The van der Waals surface area contributed by atoms with Crippen molar-refractivity contribution in [2.75, 3.05) is 4.90 Å². The van der Waals surface area contributed by atoms with Gasteiger partial charge in [0.25, 0.3) is 0 Å². The fraction of sp³-hybridized carbons (Fsp3) is 0.182. The fourth-order valence-corrected chi connectivity index (χ4v) is 3.27. The van der Waals surface area contributed by atoms with Crippen LogP contribution in [0, 0.1) is 17.4 Å². The van der Waals surface area contributed by atoms with Crippen molar-refractivity contribution >= 4 is 28.3 Å². The number of nitrogens with zero attached hydrogens (tertiary/aromatic N) is 1. The number of halogens is 1. The van der Waals surface area contributed by atoms with Gasteiger partial charge in [-0.25, -0.2) is 0 Å². The molecule has 0 N–H and O–H groups in total. The highest BCUT2D eigenvalue weighted by Gasteiger charge is 2.09. The van der Waals surface area contributed by atoms with Crippen molar-refractivity contribution in [3.63, 3.8) is 0 Å². The molecule has 3 rings (SSSR count). The number of hydrogen-bond donors (Lipinski definition) is 0. The van der Waals surface area contributed by atoms with E-state index in [0.717, 1.165) is 13.1 Å². The Labute approximate surface area is 158 Å². The standard InChI is InChI=1S/C22H22IN/c1-17-6-10-19(11-7-17)15-24(22-5-3-4-21(23)14-22)16-20-12-8-18(2)9-13-20/h3-14H,15-16H2,1-2H3. The summed E-state index contributed by atoms with van der Waals surface area (Å²) in [7, 11) is 0. The molecule has 0 radical (unpaired) electrons. The SMILES string of the molecule is Cc1ccc(CN(Cc2ccc(C)cc2)c2cccc(I)c2)cc1. The largest absolute Gasteiger partial charge is 0.363 e. The molecule has 1 nitrogen and oxygen atoms in total. The third kappa shape index (κ3) is 4.60. The molecular formula is C22H22IN. The first-order valence-electron chi connectivity index (χ1n) is 8.22. The van der Waals surface area contributed by atoms with Crippen molar-refractivity contribution in [2.24, 2.45) is 0 Å². The highest BCUT2D eigenvalue weighted by molar-refractivity contribution is 14.1. The minimum Gasteiger partial charge on any atom is -0.363 e. The Hall–Kier alpha value is -1.81. The van der Waals surface area contributed by atoms with E-state index in [1.807, 2.05) is 0 Å². The molecule has 0 atom stereocenters.